The van der Waals surface area contributed by atoms with Gasteiger partial charge in [0.1, 0.15) is 23.9 Å². The van der Waals surface area contributed by atoms with Crippen LogP contribution in [0, 0.1) is 20.8 Å². The zero-order valence-corrected chi connectivity index (χ0v) is 14.4. The van der Waals surface area contributed by atoms with E-state index in [1.807, 2.05) is 39.0 Å². The molecule has 0 radical (unpaired) electrons. The number of carbonyl (C=O) groups is 1. The molecule has 0 atom stereocenters. The van der Waals surface area contributed by atoms with Gasteiger partial charge in [0, 0.05) is 5.69 Å². The number of nitrogens with one attached hydrogen (secondary N) is 1. The number of rotatable bonds is 5. The van der Waals surface area contributed by atoms with Crippen LogP contribution >= 0.6 is 0 Å². The van der Waals surface area contributed by atoms with E-state index >= 15 is 0 Å². The summed E-state index contributed by atoms with van der Waals surface area (Å²) in [6, 6.07) is 12.6. The summed E-state index contributed by atoms with van der Waals surface area (Å²) >= 11 is 0. The molecule has 6 nitrogen and oxygen atoms in total. The second-order valence-electron chi connectivity index (χ2n) is 5.71. The van der Waals surface area contributed by atoms with E-state index in [2.05, 4.69) is 15.5 Å². The largest absolute Gasteiger partial charge is 0.488 e. The van der Waals surface area contributed by atoms with Crippen LogP contribution in [0.5, 0.6) is 5.75 Å². The Kier molecular flexibility index (Phi) is 4.79. The number of benzene rings is 1. The summed E-state index contributed by atoms with van der Waals surface area (Å²) in [5.74, 6) is 1.44. The number of amides is 1. The molecular weight excluding hydrogens is 318 g/mol. The van der Waals surface area contributed by atoms with Gasteiger partial charge in [-0.2, -0.15) is 0 Å². The van der Waals surface area contributed by atoms with Crippen molar-refractivity contribution in [1.82, 2.24) is 10.1 Å². The molecule has 1 N–H and O–H groups in total. The highest BCUT2D eigenvalue weighted by molar-refractivity contribution is 6.05. The van der Waals surface area contributed by atoms with Crippen molar-refractivity contribution in [2.45, 2.75) is 27.4 Å². The normalized spacial score (nSPS) is 10.5. The van der Waals surface area contributed by atoms with Crippen molar-refractivity contribution >= 4 is 11.7 Å². The maximum Gasteiger partial charge on any atom is 0.260 e. The standard InChI is InChI=1S/C19H19N3O3/c1-12-7-6-10-18(20-12)21-19(23)15-8-4-5-9-17(15)24-11-16-13(2)22-25-14(16)3/h4-10H,11H2,1-3H3,(H,20,21,23). The van der Waals surface area contributed by atoms with Gasteiger partial charge in [-0.15, -0.1) is 0 Å². The molecule has 25 heavy (non-hydrogen) atoms. The van der Waals surface area contributed by atoms with Gasteiger partial charge in [-0.05, 0) is 45.0 Å². The molecule has 0 saturated heterocycles. The first-order valence-electron chi connectivity index (χ1n) is 7.93. The fourth-order valence-electron chi connectivity index (χ4n) is 2.43. The molecule has 1 aromatic carbocycles. The minimum absolute atomic E-state index is 0.271. The highest BCUT2D eigenvalue weighted by Gasteiger charge is 2.15. The highest BCUT2D eigenvalue weighted by Crippen LogP contribution is 2.22. The lowest BCUT2D eigenvalue weighted by molar-refractivity contribution is 0.102. The van der Waals surface area contributed by atoms with Gasteiger partial charge in [0.2, 0.25) is 0 Å². The van der Waals surface area contributed by atoms with E-state index in [1.165, 1.54) is 0 Å². The second-order valence-corrected chi connectivity index (χ2v) is 5.71. The van der Waals surface area contributed by atoms with Gasteiger partial charge in [-0.1, -0.05) is 23.4 Å². The maximum absolute atomic E-state index is 12.6. The molecule has 3 aromatic rings. The molecule has 2 heterocycles. The third kappa shape index (κ3) is 3.85. The van der Waals surface area contributed by atoms with Gasteiger partial charge in [0.15, 0.2) is 0 Å². The minimum atomic E-state index is -0.271. The second kappa shape index (κ2) is 7.17. The molecule has 0 unspecified atom stereocenters. The average Bonchev–Trinajstić information content (AvgIpc) is 2.91. The summed E-state index contributed by atoms with van der Waals surface area (Å²) < 4.78 is 11.0. The summed E-state index contributed by atoms with van der Waals surface area (Å²) in [6.45, 7) is 5.85. The number of carbonyl (C=O) groups excluding carboxylic acids is 1. The molecule has 1 amide bonds. The summed E-state index contributed by atoms with van der Waals surface area (Å²) in [4.78, 5) is 16.9. The van der Waals surface area contributed by atoms with Gasteiger partial charge in [0.25, 0.3) is 5.91 Å². The Hall–Kier alpha value is -3.15. The van der Waals surface area contributed by atoms with Crippen LogP contribution in [-0.4, -0.2) is 16.0 Å². The molecule has 0 saturated carbocycles. The van der Waals surface area contributed by atoms with Gasteiger partial charge < -0.3 is 14.6 Å². The van der Waals surface area contributed by atoms with Gasteiger partial charge in [0.05, 0.1) is 16.8 Å². The Balaban J connectivity index is 1.77. The Morgan fingerprint density at radius 1 is 1.12 bits per heavy atom. The van der Waals surface area contributed by atoms with E-state index < -0.39 is 0 Å². The predicted molar refractivity (Wildman–Crippen MR) is 93.7 cm³/mol. The Bertz CT molecular complexity index is 883. The lowest BCUT2D eigenvalue weighted by atomic mass is 10.2. The van der Waals surface area contributed by atoms with Crippen molar-refractivity contribution < 1.29 is 14.1 Å². The summed E-state index contributed by atoms with van der Waals surface area (Å²) in [6.07, 6.45) is 0. The minimum Gasteiger partial charge on any atom is -0.488 e. The zero-order chi connectivity index (χ0) is 17.8. The van der Waals surface area contributed by atoms with Gasteiger partial charge in [-0.25, -0.2) is 4.98 Å². The van der Waals surface area contributed by atoms with Crippen LogP contribution in [0.4, 0.5) is 5.82 Å². The van der Waals surface area contributed by atoms with E-state index in [0.29, 0.717) is 22.9 Å². The van der Waals surface area contributed by atoms with Crippen LogP contribution in [0.1, 0.15) is 33.1 Å². The van der Waals surface area contributed by atoms with E-state index in [1.54, 1.807) is 24.3 Å². The van der Waals surface area contributed by atoms with Crippen molar-refractivity contribution in [3.8, 4) is 5.75 Å². The molecule has 0 bridgehead atoms. The number of para-hydroxylation sites is 1. The van der Waals surface area contributed by atoms with Crippen LogP contribution in [0.2, 0.25) is 0 Å². The number of nitrogens with zero attached hydrogens (tertiary/aromatic N) is 2. The van der Waals surface area contributed by atoms with E-state index in [0.717, 1.165) is 17.0 Å². The first-order chi connectivity index (χ1) is 12.0. The van der Waals surface area contributed by atoms with Crippen molar-refractivity contribution in [3.05, 3.63) is 70.7 Å². The number of aromatic nitrogens is 2. The third-order valence-electron chi connectivity index (χ3n) is 3.81. The van der Waals surface area contributed by atoms with Crippen LogP contribution < -0.4 is 10.1 Å². The van der Waals surface area contributed by atoms with E-state index in [9.17, 15) is 4.79 Å². The monoisotopic (exact) mass is 337 g/mol. The Morgan fingerprint density at radius 3 is 2.64 bits per heavy atom. The number of hydrogen-bond acceptors (Lipinski definition) is 5. The van der Waals surface area contributed by atoms with Crippen molar-refractivity contribution in [2.75, 3.05) is 5.32 Å². The average molecular weight is 337 g/mol. The highest BCUT2D eigenvalue weighted by atomic mass is 16.5. The molecular formula is C19H19N3O3. The van der Waals surface area contributed by atoms with Crippen molar-refractivity contribution in [3.63, 3.8) is 0 Å². The van der Waals surface area contributed by atoms with E-state index in [4.69, 9.17) is 9.26 Å². The summed E-state index contributed by atoms with van der Waals surface area (Å²) in [5.41, 5.74) is 2.94. The fraction of sp³-hybridized carbons (Fsp3) is 0.211. The number of ether oxygens (including phenoxy) is 1. The molecule has 6 heteroatoms. The summed E-state index contributed by atoms with van der Waals surface area (Å²) in [7, 11) is 0. The molecule has 128 valence electrons. The first-order valence-corrected chi connectivity index (χ1v) is 7.93. The molecule has 0 fully saturated rings. The predicted octanol–water partition coefficient (Wildman–Crippen LogP) is 3.83. The van der Waals surface area contributed by atoms with Gasteiger partial charge in [-0.3, -0.25) is 4.79 Å². The Labute approximate surface area is 145 Å². The lowest BCUT2D eigenvalue weighted by Crippen LogP contribution is -2.14. The molecule has 2 aromatic heterocycles. The lowest BCUT2D eigenvalue weighted by Gasteiger charge is -2.11. The molecule has 0 aliphatic heterocycles. The topological polar surface area (TPSA) is 77.2 Å². The first kappa shape index (κ1) is 16.7. The fourth-order valence-corrected chi connectivity index (χ4v) is 2.43. The van der Waals surface area contributed by atoms with Crippen LogP contribution in [-0.2, 0) is 6.61 Å². The number of hydrogen-bond donors (Lipinski definition) is 1. The molecule has 0 aliphatic rings. The zero-order valence-electron chi connectivity index (χ0n) is 14.4. The smallest absolute Gasteiger partial charge is 0.260 e. The number of anilines is 1. The SMILES string of the molecule is Cc1cccc(NC(=O)c2ccccc2OCc2c(C)noc2C)n1. The molecule has 3 rings (SSSR count). The molecule has 0 aliphatic carbocycles. The number of pyridine rings is 1. The third-order valence-corrected chi connectivity index (χ3v) is 3.81. The number of aryl methyl sites for hydroxylation is 3. The summed E-state index contributed by atoms with van der Waals surface area (Å²) in [5, 5.41) is 6.70. The van der Waals surface area contributed by atoms with Crippen LogP contribution in [0.25, 0.3) is 0 Å². The van der Waals surface area contributed by atoms with Crippen molar-refractivity contribution in [2.24, 2.45) is 0 Å². The van der Waals surface area contributed by atoms with Gasteiger partial charge >= 0.3 is 0 Å². The van der Waals surface area contributed by atoms with Crippen molar-refractivity contribution in [1.29, 1.82) is 0 Å². The Morgan fingerprint density at radius 2 is 1.92 bits per heavy atom. The quantitative estimate of drug-likeness (QED) is 0.766. The maximum atomic E-state index is 12.6. The van der Waals surface area contributed by atoms with Crippen LogP contribution in [0.3, 0.4) is 0 Å². The van der Waals surface area contributed by atoms with Crippen LogP contribution in [0.15, 0.2) is 47.0 Å². The molecule has 0 spiro atoms. The van der Waals surface area contributed by atoms with E-state index in [-0.39, 0.29) is 12.5 Å².